The summed E-state index contributed by atoms with van der Waals surface area (Å²) in [6.07, 6.45) is 1.76. The van der Waals surface area contributed by atoms with Crippen LogP contribution in [0.4, 0.5) is 26.4 Å². The highest BCUT2D eigenvalue weighted by Gasteiger charge is 2.20. The SMILES string of the molecule is Cc1ncccc1-c1ccc2c(N3CCOCC3)nc(-c3ccc(NC(=O)Nc4ccc(C(=O)N(C)C)cc4)cc3F)nc2c1. The van der Waals surface area contributed by atoms with Gasteiger partial charge in [-0.1, -0.05) is 12.1 Å². The van der Waals surface area contributed by atoms with Crippen molar-refractivity contribution in [1.82, 2.24) is 19.9 Å². The first-order chi connectivity index (χ1) is 21.8. The predicted octanol–water partition coefficient (Wildman–Crippen LogP) is 5.99. The lowest BCUT2D eigenvalue weighted by Crippen LogP contribution is -2.37. The first kappa shape index (κ1) is 29.6. The quantitative estimate of drug-likeness (QED) is 0.245. The number of rotatable bonds is 6. The fourth-order valence-corrected chi connectivity index (χ4v) is 5.23. The number of ether oxygens (including phenoxy) is 1. The largest absolute Gasteiger partial charge is 0.378 e. The first-order valence-electron chi connectivity index (χ1n) is 14.5. The maximum Gasteiger partial charge on any atom is 0.323 e. The number of carbonyl (C=O) groups is 2. The average molecular weight is 606 g/mol. The van der Waals surface area contributed by atoms with Crippen molar-refractivity contribution in [1.29, 1.82) is 0 Å². The Hall–Kier alpha value is -5.42. The number of aromatic nitrogens is 3. The normalized spacial score (nSPS) is 13.0. The predicted molar refractivity (Wildman–Crippen MR) is 173 cm³/mol. The fourth-order valence-electron chi connectivity index (χ4n) is 5.23. The highest BCUT2D eigenvalue weighted by Crippen LogP contribution is 2.33. The number of halogens is 1. The second-order valence-corrected chi connectivity index (χ2v) is 10.9. The third-order valence-electron chi connectivity index (χ3n) is 7.57. The molecular formula is C34H32FN7O3. The third kappa shape index (κ3) is 6.43. The van der Waals surface area contributed by atoms with Crippen LogP contribution in [0.15, 0.2) is 79.0 Å². The number of urea groups is 1. The molecule has 0 saturated carbocycles. The molecule has 1 saturated heterocycles. The van der Waals surface area contributed by atoms with E-state index in [9.17, 15) is 9.59 Å². The molecule has 0 aliphatic carbocycles. The Balaban J connectivity index is 1.28. The summed E-state index contributed by atoms with van der Waals surface area (Å²) in [6, 6.07) is 20.3. The van der Waals surface area contributed by atoms with E-state index in [1.165, 1.54) is 11.0 Å². The van der Waals surface area contributed by atoms with Gasteiger partial charge in [0.15, 0.2) is 5.82 Å². The van der Waals surface area contributed by atoms with E-state index in [1.807, 2.05) is 37.3 Å². The van der Waals surface area contributed by atoms with Crippen molar-refractivity contribution in [2.75, 3.05) is 55.9 Å². The van der Waals surface area contributed by atoms with Gasteiger partial charge < -0.3 is 25.2 Å². The Morgan fingerprint density at radius 2 is 1.62 bits per heavy atom. The molecule has 0 spiro atoms. The molecule has 2 N–H and O–H groups in total. The minimum Gasteiger partial charge on any atom is -0.378 e. The van der Waals surface area contributed by atoms with Crippen LogP contribution in [0.5, 0.6) is 0 Å². The van der Waals surface area contributed by atoms with Crippen molar-refractivity contribution in [2.24, 2.45) is 0 Å². The van der Waals surface area contributed by atoms with Crippen LogP contribution in [0, 0.1) is 12.7 Å². The molecule has 11 heteroatoms. The molecule has 45 heavy (non-hydrogen) atoms. The van der Waals surface area contributed by atoms with Gasteiger partial charge in [-0.15, -0.1) is 0 Å². The van der Waals surface area contributed by atoms with E-state index in [0.717, 1.165) is 22.2 Å². The van der Waals surface area contributed by atoms with Crippen LogP contribution in [-0.4, -0.2) is 72.2 Å². The van der Waals surface area contributed by atoms with Crippen LogP contribution < -0.4 is 15.5 Å². The molecule has 5 aromatic rings. The lowest BCUT2D eigenvalue weighted by atomic mass is 10.0. The Morgan fingerprint density at radius 3 is 2.33 bits per heavy atom. The lowest BCUT2D eigenvalue weighted by molar-refractivity contribution is 0.0827. The van der Waals surface area contributed by atoms with E-state index in [0.29, 0.717) is 48.9 Å². The molecule has 0 bridgehead atoms. The van der Waals surface area contributed by atoms with Gasteiger partial charge in [-0.2, -0.15) is 0 Å². The molecule has 3 aromatic carbocycles. The number of nitrogens with one attached hydrogen (secondary N) is 2. The van der Waals surface area contributed by atoms with Crippen LogP contribution in [0.25, 0.3) is 33.4 Å². The van der Waals surface area contributed by atoms with Crippen molar-refractivity contribution in [3.63, 3.8) is 0 Å². The summed E-state index contributed by atoms with van der Waals surface area (Å²) in [5.41, 5.74) is 4.98. The number of amides is 3. The van der Waals surface area contributed by atoms with E-state index in [1.54, 1.807) is 56.7 Å². The molecule has 0 atom stereocenters. The number of pyridine rings is 1. The molecule has 228 valence electrons. The van der Waals surface area contributed by atoms with Gasteiger partial charge in [-0.25, -0.2) is 19.2 Å². The Kier molecular flexibility index (Phi) is 8.35. The summed E-state index contributed by atoms with van der Waals surface area (Å²) in [6.45, 7) is 4.42. The summed E-state index contributed by atoms with van der Waals surface area (Å²) in [5.74, 6) is 0.237. The number of carbonyl (C=O) groups excluding carboxylic acids is 2. The summed E-state index contributed by atoms with van der Waals surface area (Å²) in [7, 11) is 3.34. The van der Waals surface area contributed by atoms with E-state index in [2.05, 4.69) is 20.5 Å². The van der Waals surface area contributed by atoms with Gasteiger partial charge in [0.1, 0.15) is 11.6 Å². The molecule has 1 fully saturated rings. The average Bonchev–Trinajstić information content (AvgIpc) is 3.04. The standard InChI is InChI=1S/C34H32FN7O3/c1-21-26(5-4-14-36-21)23-8-12-28-30(19-23)39-31(40-32(28)42-15-17-45-18-16-42)27-13-11-25(20-29(27)35)38-34(44)37-24-9-6-22(7-10-24)33(43)41(2)3/h4-14,19-20H,15-18H2,1-3H3,(H2,37,38,44). The molecule has 0 radical (unpaired) electrons. The molecule has 2 aromatic heterocycles. The van der Waals surface area contributed by atoms with E-state index in [4.69, 9.17) is 14.7 Å². The van der Waals surface area contributed by atoms with Crippen molar-refractivity contribution in [3.8, 4) is 22.5 Å². The Bertz CT molecular complexity index is 1890. The Morgan fingerprint density at radius 1 is 0.889 bits per heavy atom. The highest BCUT2D eigenvalue weighted by molar-refractivity contribution is 6.01. The second-order valence-electron chi connectivity index (χ2n) is 10.9. The topological polar surface area (TPSA) is 113 Å². The number of morpholine rings is 1. The monoisotopic (exact) mass is 605 g/mol. The summed E-state index contributed by atoms with van der Waals surface area (Å²) in [4.78, 5) is 42.4. The van der Waals surface area contributed by atoms with Gasteiger partial charge in [0, 0.05) is 67.0 Å². The van der Waals surface area contributed by atoms with Gasteiger partial charge >= 0.3 is 6.03 Å². The number of hydrogen-bond acceptors (Lipinski definition) is 7. The van der Waals surface area contributed by atoms with Crippen molar-refractivity contribution in [3.05, 3.63) is 96.1 Å². The minimum absolute atomic E-state index is 0.141. The van der Waals surface area contributed by atoms with Gasteiger partial charge in [0.2, 0.25) is 0 Å². The molecule has 6 rings (SSSR count). The van der Waals surface area contributed by atoms with Crippen molar-refractivity contribution < 1.29 is 18.7 Å². The number of nitrogens with zero attached hydrogens (tertiary/aromatic N) is 5. The van der Waals surface area contributed by atoms with Crippen LogP contribution in [0.2, 0.25) is 0 Å². The second kappa shape index (κ2) is 12.7. The van der Waals surface area contributed by atoms with E-state index in [-0.39, 0.29) is 23.0 Å². The third-order valence-corrected chi connectivity index (χ3v) is 7.57. The maximum atomic E-state index is 15.6. The number of fused-ring (bicyclic) bond motifs is 1. The van der Waals surface area contributed by atoms with Gasteiger partial charge in [-0.3, -0.25) is 9.78 Å². The number of hydrogen-bond donors (Lipinski definition) is 2. The van der Waals surface area contributed by atoms with Crippen LogP contribution in [-0.2, 0) is 4.74 Å². The van der Waals surface area contributed by atoms with Crippen molar-refractivity contribution in [2.45, 2.75) is 6.92 Å². The number of anilines is 3. The molecule has 1 aliphatic rings. The molecular weight excluding hydrogens is 573 g/mol. The molecule has 3 amide bonds. The first-order valence-corrected chi connectivity index (χ1v) is 14.5. The smallest absolute Gasteiger partial charge is 0.323 e. The lowest BCUT2D eigenvalue weighted by Gasteiger charge is -2.29. The van der Waals surface area contributed by atoms with Crippen LogP contribution in [0.3, 0.4) is 0 Å². The minimum atomic E-state index is -0.578. The summed E-state index contributed by atoms with van der Waals surface area (Å²) in [5, 5.41) is 6.21. The fraction of sp³-hybridized carbons (Fsp3) is 0.206. The maximum absolute atomic E-state index is 15.6. The molecule has 3 heterocycles. The highest BCUT2D eigenvalue weighted by atomic mass is 19.1. The number of benzene rings is 3. The van der Waals surface area contributed by atoms with E-state index >= 15 is 4.39 Å². The molecule has 0 unspecified atom stereocenters. The summed E-state index contributed by atoms with van der Waals surface area (Å²) < 4.78 is 21.2. The van der Waals surface area contributed by atoms with Crippen molar-refractivity contribution >= 4 is 40.0 Å². The van der Waals surface area contributed by atoms with Gasteiger partial charge in [0.05, 0.1) is 24.3 Å². The number of aryl methyl sites for hydroxylation is 1. The molecule has 10 nitrogen and oxygen atoms in total. The molecule has 1 aliphatic heterocycles. The van der Waals surface area contributed by atoms with E-state index < -0.39 is 11.8 Å². The zero-order chi connectivity index (χ0) is 31.5. The Labute approximate surface area is 259 Å². The zero-order valence-electron chi connectivity index (χ0n) is 25.2. The van der Waals surface area contributed by atoms with Gasteiger partial charge in [-0.05, 0) is 73.2 Å². The van der Waals surface area contributed by atoms with Gasteiger partial charge in [0.25, 0.3) is 5.91 Å². The summed E-state index contributed by atoms with van der Waals surface area (Å²) >= 11 is 0. The van der Waals surface area contributed by atoms with Crippen LogP contribution >= 0.6 is 0 Å². The van der Waals surface area contributed by atoms with Crippen LogP contribution in [0.1, 0.15) is 16.1 Å². The zero-order valence-corrected chi connectivity index (χ0v) is 25.2.